The third kappa shape index (κ3) is 6.14. The molecule has 0 unspecified atom stereocenters. The fraction of sp³-hybridized carbons (Fsp3) is 0.250. The molecule has 4 N–H and O–H groups in total. The van der Waals surface area contributed by atoms with Gasteiger partial charge in [0.25, 0.3) is 11.8 Å². The minimum Gasteiger partial charge on any atom is -0.376 e. The highest BCUT2D eigenvalue weighted by Gasteiger charge is 2.08. The van der Waals surface area contributed by atoms with Crippen LogP contribution in [0.4, 0.5) is 11.4 Å². The van der Waals surface area contributed by atoms with Crippen LogP contribution < -0.4 is 21.3 Å². The van der Waals surface area contributed by atoms with Crippen LogP contribution in [0, 0.1) is 0 Å². The summed E-state index contributed by atoms with van der Waals surface area (Å²) in [5.41, 5.74) is 2.22. The van der Waals surface area contributed by atoms with Crippen molar-refractivity contribution >= 4 is 29.1 Å². The van der Waals surface area contributed by atoms with E-state index in [-0.39, 0.29) is 24.3 Å². The fourth-order valence-electron chi connectivity index (χ4n) is 2.42. The smallest absolute Gasteiger partial charge is 0.251 e. The number of rotatable bonds is 8. The van der Waals surface area contributed by atoms with Crippen molar-refractivity contribution in [3.05, 3.63) is 59.7 Å². The van der Waals surface area contributed by atoms with Crippen molar-refractivity contribution in [2.75, 3.05) is 30.3 Å². The Labute approximate surface area is 158 Å². The predicted octanol–water partition coefficient (Wildman–Crippen LogP) is 2.24. The van der Waals surface area contributed by atoms with Crippen LogP contribution in [0.2, 0.25) is 0 Å². The maximum atomic E-state index is 12.2. The molecular formula is C20H24N4O3. The van der Waals surface area contributed by atoms with Crippen molar-refractivity contribution in [3.63, 3.8) is 0 Å². The Morgan fingerprint density at radius 3 is 1.85 bits per heavy atom. The van der Waals surface area contributed by atoms with Crippen LogP contribution in [0.5, 0.6) is 0 Å². The molecule has 0 saturated heterocycles. The fourth-order valence-corrected chi connectivity index (χ4v) is 2.42. The summed E-state index contributed by atoms with van der Waals surface area (Å²) in [6.07, 6.45) is 0. The van der Waals surface area contributed by atoms with Gasteiger partial charge in [0.1, 0.15) is 0 Å². The van der Waals surface area contributed by atoms with Gasteiger partial charge in [0, 0.05) is 35.6 Å². The first-order chi connectivity index (χ1) is 13.0. The first-order valence-electron chi connectivity index (χ1n) is 8.83. The molecule has 0 radical (unpaired) electrons. The van der Waals surface area contributed by atoms with Gasteiger partial charge in [-0.05, 0) is 50.2 Å². The highest BCUT2D eigenvalue weighted by atomic mass is 16.2. The normalized spacial score (nSPS) is 10.0. The molecule has 0 atom stereocenters. The van der Waals surface area contributed by atoms with Crippen molar-refractivity contribution in [1.82, 2.24) is 10.6 Å². The Balaban J connectivity index is 1.93. The monoisotopic (exact) mass is 368 g/mol. The molecule has 0 spiro atoms. The molecule has 7 heteroatoms. The van der Waals surface area contributed by atoms with Gasteiger partial charge in [0.15, 0.2) is 0 Å². The van der Waals surface area contributed by atoms with E-state index < -0.39 is 0 Å². The van der Waals surface area contributed by atoms with Crippen LogP contribution in [-0.2, 0) is 4.79 Å². The Morgan fingerprint density at radius 1 is 0.778 bits per heavy atom. The molecule has 0 saturated carbocycles. The van der Waals surface area contributed by atoms with Crippen molar-refractivity contribution in [1.29, 1.82) is 0 Å². The summed E-state index contributed by atoms with van der Waals surface area (Å²) in [6.45, 7) is 4.81. The van der Waals surface area contributed by atoms with Crippen LogP contribution in [-0.4, -0.2) is 37.4 Å². The van der Waals surface area contributed by atoms with E-state index in [1.165, 1.54) is 0 Å². The number of amides is 3. The van der Waals surface area contributed by atoms with E-state index >= 15 is 0 Å². The van der Waals surface area contributed by atoms with E-state index in [0.29, 0.717) is 35.6 Å². The minimum atomic E-state index is -0.258. The van der Waals surface area contributed by atoms with Gasteiger partial charge in [-0.2, -0.15) is 0 Å². The Kier molecular flexibility index (Phi) is 7.37. The van der Waals surface area contributed by atoms with Crippen LogP contribution in [0.15, 0.2) is 48.5 Å². The molecule has 0 fully saturated rings. The van der Waals surface area contributed by atoms with Crippen molar-refractivity contribution in [2.45, 2.75) is 13.8 Å². The third-order valence-corrected chi connectivity index (χ3v) is 3.66. The molecule has 0 bridgehead atoms. The minimum absolute atomic E-state index is 0.0320. The van der Waals surface area contributed by atoms with Crippen LogP contribution >= 0.6 is 0 Å². The van der Waals surface area contributed by atoms with Crippen LogP contribution in [0.25, 0.3) is 0 Å². The van der Waals surface area contributed by atoms with E-state index in [9.17, 15) is 14.4 Å². The maximum Gasteiger partial charge on any atom is 0.251 e. The predicted molar refractivity (Wildman–Crippen MR) is 106 cm³/mol. The van der Waals surface area contributed by atoms with E-state index in [0.717, 1.165) is 0 Å². The summed E-state index contributed by atoms with van der Waals surface area (Å²) in [7, 11) is 0. The summed E-state index contributed by atoms with van der Waals surface area (Å²) in [4.78, 5) is 35.9. The van der Waals surface area contributed by atoms with Crippen molar-refractivity contribution in [3.8, 4) is 0 Å². The lowest BCUT2D eigenvalue weighted by Crippen LogP contribution is -2.24. The van der Waals surface area contributed by atoms with E-state index in [2.05, 4.69) is 21.3 Å². The summed E-state index contributed by atoms with van der Waals surface area (Å²) < 4.78 is 0. The van der Waals surface area contributed by atoms with E-state index in [1.54, 1.807) is 48.5 Å². The average Bonchev–Trinajstić information content (AvgIpc) is 2.67. The number of hydrogen-bond donors (Lipinski definition) is 4. The van der Waals surface area contributed by atoms with Gasteiger partial charge in [0.05, 0.1) is 6.54 Å². The molecule has 2 rings (SSSR count). The van der Waals surface area contributed by atoms with Gasteiger partial charge in [0.2, 0.25) is 5.91 Å². The summed E-state index contributed by atoms with van der Waals surface area (Å²) in [6, 6.07) is 13.7. The zero-order valence-corrected chi connectivity index (χ0v) is 15.5. The van der Waals surface area contributed by atoms with Gasteiger partial charge in [-0.15, -0.1) is 0 Å². The van der Waals surface area contributed by atoms with Crippen LogP contribution in [0.3, 0.4) is 0 Å². The van der Waals surface area contributed by atoms with Crippen LogP contribution in [0.1, 0.15) is 34.6 Å². The molecule has 0 aliphatic carbocycles. The second kappa shape index (κ2) is 9.96. The lowest BCUT2D eigenvalue weighted by molar-refractivity contribution is -0.114. The lowest BCUT2D eigenvalue weighted by Gasteiger charge is -2.10. The molecule has 0 aliphatic heterocycles. The zero-order chi connectivity index (χ0) is 19.6. The molecule has 2 aromatic rings. The summed E-state index contributed by atoms with van der Waals surface area (Å²) in [5.74, 6) is -0.604. The lowest BCUT2D eigenvalue weighted by atomic mass is 10.2. The standard InChI is InChI=1S/C20H24N4O3/c1-3-21-19(26)14-7-5-9-16(11-14)23-13-18(25)24-17-10-6-8-15(12-17)20(27)22-4-2/h5-12,23H,3-4,13H2,1-2H3,(H,21,26)(H,22,27)(H,24,25). The second-order valence-corrected chi connectivity index (χ2v) is 5.78. The Bertz CT molecular complexity index is 820. The van der Waals surface area contributed by atoms with E-state index in [1.807, 2.05) is 13.8 Å². The largest absolute Gasteiger partial charge is 0.376 e. The SMILES string of the molecule is CCNC(=O)c1cccc(NCC(=O)Nc2cccc(C(=O)NCC)c2)c1. The highest BCUT2D eigenvalue weighted by molar-refractivity contribution is 5.98. The molecule has 3 amide bonds. The van der Waals surface area contributed by atoms with Crippen molar-refractivity contribution < 1.29 is 14.4 Å². The third-order valence-electron chi connectivity index (χ3n) is 3.66. The maximum absolute atomic E-state index is 12.2. The Hall–Kier alpha value is -3.35. The van der Waals surface area contributed by atoms with Gasteiger partial charge >= 0.3 is 0 Å². The first kappa shape index (κ1) is 20.0. The second-order valence-electron chi connectivity index (χ2n) is 5.78. The van der Waals surface area contributed by atoms with E-state index in [4.69, 9.17) is 0 Å². The topological polar surface area (TPSA) is 99.3 Å². The first-order valence-corrected chi connectivity index (χ1v) is 8.83. The summed E-state index contributed by atoms with van der Waals surface area (Å²) >= 11 is 0. The molecule has 2 aromatic carbocycles. The number of carbonyl (C=O) groups is 3. The Morgan fingerprint density at radius 2 is 1.30 bits per heavy atom. The van der Waals surface area contributed by atoms with Gasteiger partial charge in [-0.1, -0.05) is 12.1 Å². The summed E-state index contributed by atoms with van der Waals surface area (Å²) in [5, 5.41) is 11.2. The quantitative estimate of drug-likeness (QED) is 0.574. The molecular weight excluding hydrogens is 344 g/mol. The highest BCUT2D eigenvalue weighted by Crippen LogP contribution is 2.12. The number of anilines is 2. The van der Waals surface area contributed by atoms with Gasteiger partial charge in [-0.25, -0.2) is 0 Å². The molecule has 142 valence electrons. The van der Waals surface area contributed by atoms with Crippen molar-refractivity contribution in [2.24, 2.45) is 0 Å². The molecule has 0 heterocycles. The number of hydrogen-bond acceptors (Lipinski definition) is 4. The molecule has 7 nitrogen and oxygen atoms in total. The number of nitrogens with one attached hydrogen (secondary N) is 4. The molecule has 27 heavy (non-hydrogen) atoms. The zero-order valence-electron chi connectivity index (χ0n) is 15.5. The van der Waals surface area contributed by atoms with Gasteiger partial charge in [-0.3, -0.25) is 14.4 Å². The molecule has 0 aromatic heterocycles. The average molecular weight is 368 g/mol. The number of benzene rings is 2. The van der Waals surface area contributed by atoms with Gasteiger partial charge < -0.3 is 21.3 Å². The molecule has 0 aliphatic rings. The number of carbonyl (C=O) groups excluding carboxylic acids is 3.